The molecule has 1 aliphatic heterocycles. The minimum Gasteiger partial charge on any atom is -0.477 e. The van der Waals surface area contributed by atoms with Crippen molar-refractivity contribution in [3.05, 3.63) is 59.5 Å². The molecule has 45 heavy (non-hydrogen) atoms. The summed E-state index contributed by atoms with van der Waals surface area (Å²) in [7, 11) is 1.96. The van der Waals surface area contributed by atoms with Crippen molar-refractivity contribution in [2.45, 2.75) is 18.9 Å². The van der Waals surface area contributed by atoms with Crippen LogP contribution >= 0.6 is 11.6 Å². The Kier molecular flexibility index (Phi) is 9.34. The van der Waals surface area contributed by atoms with Gasteiger partial charge in [0.15, 0.2) is 0 Å². The number of piperazine rings is 1. The van der Waals surface area contributed by atoms with Crippen LogP contribution in [0.5, 0.6) is 0 Å². The molecule has 0 aliphatic carbocycles. The quantitative estimate of drug-likeness (QED) is 0.165. The van der Waals surface area contributed by atoms with Gasteiger partial charge in [0, 0.05) is 54.2 Å². The van der Waals surface area contributed by atoms with E-state index in [-0.39, 0.29) is 35.2 Å². The summed E-state index contributed by atoms with van der Waals surface area (Å²) in [6.07, 6.45) is 1.16. The van der Waals surface area contributed by atoms with Crippen molar-refractivity contribution in [2.24, 2.45) is 0 Å². The Morgan fingerprint density at radius 1 is 1.00 bits per heavy atom. The maximum atomic E-state index is 13.4. The van der Waals surface area contributed by atoms with Gasteiger partial charge in [0.2, 0.25) is 11.8 Å². The van der Waals surface area contributed by atoms with Crippen LogP contribution in [0.15, 0.2) is 48.8 Å². The van der Waals surface area contributed by atoms with Crippen molar-refractivity contribution in [3.8, 4) is 5.69 Å². The molecule has 2 aromatic carbocycles. The van der Waals surface area contributed by atoms with Crippen LogP contribution in [0.25, 0.3) is 16.6 Å². The van der Waals surface area contributed by atoms with Gasteiger partial charge in [0.25, 0.3) is 0 Å². The number of carboxylic acids is 1. The van der Waals surface area contributed by atoms with Gasteiger partial charge in [0.05, 0.1) is 11.4 Å². The van der Waals surface area contributed by atoms with Crippen LogP contribution in [0, 0.1) is 0 Å². The van der Waals surface area contributed by atoms with Gasteiger partial charge in [-0.05, 0) is 66.4 Å². The monoisotopic (exact) mass is 636 g/mol. The van der Waals surface area contributed by atoms with Crippen molar-refractivity contribution in [3.63, 3.8) is 0 Å². The van der Waals surface area contributed by atoms with E-state index in [1.165, 1.54) is 23.1 Å². The Morgan fingerprint density at radius 2 is 1.78 bits per heavy atom. The molecule has 17 heteroatoms. The van der Waals surface area contributed by atoms with Gasteiger partial charge in [-0.2, -0.15) is 4.68 Å². The number of hydrogen-bond acceptors (Lipinski definition) is 9. The van der Waals surface area contributed by atoms with E-state index in [0.717, 1.165) is 0 Å². The van der Waals surface area contributed by atoms with Gasteiger partial charge >= 0.3 is 17.8 Å². The minimum absolute atomic E-state index is 0.0185. The summed E-state index contributed by atoms with van der Waals surface area (Å²) in [6, 6.07) is 9.39. The highest BCUT2D eigenvalue weighted by Crippen LogP contribution is 2.24. The van der Waals surface area contributed by atoms with Crippen LogP contribution in [-0.4, -0.2) is 109 Å². The van der Waals surface area contributed by atoms with Gasteiger partial charge in [-0.3, -0.25) is 19.2 Å². The lowest BCUT2D eigenvalue weighted by Crippen LogP contribution is -2.49. The number of rotatable bonds is 9. The number of likely N-dealkylation sites (N-methyl/N-ethyl adjacent to an activating group) is 1. The first-order chi connectivity index (χ1) is 21.6. The van der Waals surface area contributed by atoms with E-state index >= 15 is 0 Å². The molecule has 0 saturated carbocycles. The molecule has 1 aliphatic rings. The third-order valence-corrected chi connectivity index (χ3v) is 7.49. The fourth-order valence-corrected chi connectivity index (χ4v) is 4.96. The van der Waals surface area contributed by atoms with Crippen LogP contribution < -0.4 is 16.0 Å². The number of anilines is 2. The number of carbonyl (C=O) groups is 5. The predicted octanol–water partition coefficient (Wildman–Crippen LogP) is 1.11. The number of nitrogens with one attached hydrogen (secondary N) is 4. The molecular weight excluding hydrogens is 608 g/mol. The van der Waals surface area contributed by atoms with Crippen LogP contribution in [0.2, 0.25) is 5.02 Å². The molecule has 5 rings (SSSR count). The first kappa shape index (κ1) is 31.1. The molecule has 5 N–H and O–H groups in total. The molecule has 1 fully saturated rings. The van der Waals surface area contributed by atoms with Crippen LogP contribution in [0.4, 0.5) is 11.4 Å². The summed E-state index contributed by atoms with van der Waals surface area (Å²) in [6.45, 7) is 2.51. The molecule has 0 spiro atoms. The summed E-state index contributed by atoms with van der Waals surface area (Å²) >= 11 is 6.10. The van der Waals surface area contributed by atoms with E-state index in [1.807, 2.05) is 7.05 Å². The molecule has 3 heterocycles. The first-order valence-corrected chi connectivity index (χ1v) is 14.2. The number of nitrogens with zero attached hydrogens (tertiary/aromatic N) is 6. The number of fused-ring (bicyclic) bond motifs is 1. The van der Waals surface area contributed by atoms with Crippen LogP contribution in [0.1, 0.15) is 23.3 Å². The largest absolute Gasteiger partial charge is 0.477 e. The molecule has 4 amide bonds. The lowest BCUT2D eigenvalue weighted by Gasteiger charge is -2.32. The average molecular weight is 637 g/mol. The Hall–Kier alpha value is -5.35. The van der Waals surface area contributed by atoms with E-state index < -0.39 is 29.7 Å². The number of H-pyrrole nitrogens is 1. The SMILES string of the molecule is CN1CCN(C(=O)CCC(NC(=O)C(=O)Nc2cc(Cl)ccc2-n2cnnn2)C(=O)Nc2ccc3[nH]c(C(=O)O)cc3c2)CC1. The van der Waals surface area contributed by atoms with E-state index in [9.17, 15) is 29.1 Å². The summed E-state index contributed by atoms with van der Waals surface area (Å²) in [5, 5.41) is 28.6. The zero-order valence-corrected chi connectivity index (χ0v) is 24.7. The standard InChI is InChI=1S/C28H29ClN10O6/c1-37-8-10-38(11-9-37)24(40)7-5-20(25(41)31-18-3-4-19-16(12-18)13-22(32-19)28(44)45)33-26(42)27(43)34-21-14-17(29)2-6-23(21)39-15-30-35-36-39/h2-4,6,12-15,20,32H,5,7-11H2,1H3,(H,31,41)(H,33,42)(H,34,43)(H,44,45). The number of tetrazole rings is 1. The third kappa shape index (κ3) is 7.60. The lowest BCUT2D eigenvalue weighted by molar-refractivity contribution is -0.138. The Labute approximate surface area is 260 Å². The summed E-state index contributed by atoms with van der Waals surface area (Å²) in [5.41, 5.74) is 1.33. The molecule has 0 radical (unpaired) electrons. The number of carbonyl (C=O) groups excluding carboxylic acids is 4. The minimum atomic E-state index is -1.27. The van der Waals surface area contributed by atoms with Crippen LogP contribution in [0.3, 0.4) is 0 Å². The number of amides is 4. The fraction of sp³-hybridized carbons (Fsp3) is 0.286. The van der Waals surface area contributed by atoms with E-state index in [1.54, 1.807) is 35.2 Å². The number of benzene rings is 2. The van der Waals surface area contributed by atoms with E-state index in [4.69, 9.17) is 11.6 Å². The number of aromatic nitrogens is 5. The predicted molar refractivity (Wildman–Crippen MR) is 162 cm³/mol. The molecule has 2 aromatic heterocycles. The number of hydrogen-bond donors (Lipinski definition) is 5. The van der Waals surface area contributed by atoms with Crippen LogP contribution in [-0.2, 0) is 19.2 Å². The normalized spacial score (nSPS) is 14.1. The van der Waals surface area contributed by atoms with Gasteiger partial charge in [-0.25, -0.2) is 4.79 Å². The second-order valence-electron chi connectivity index (χ2n) is 10.4. The van der Waals surface area contributed by atoms with E-state index in [2.05, 4.69) is 41.4 Å². The molecule has 1 unspecified atom stereocenters. The van der Waals surface area contributed by atoms with E-state index in [0.29, 0.717) is 48.5 Å². The molecule has 4 aromatic rings. The van der Waals surface area contributed by atoms with Crippen molar-refractivity contribution < 1.29 is 29.1 Å². The van der Waals surface area contributed by atoms with Crippen molar-refractivity contribution in [2.75, 3.05) is 43.9 Å². The second kappa shape index (κ2) is 13.5. The van der Waals surface area contributed by atoms with Gasteiger partial charge in [-0.15, -0.1) is 5.10 Å². The number of halogens is 1. The van der Waals surface area contributed by atoms with Gasteiger partial charge in [-0.1, -0.05) is 11.6 Å². The number of aromatic carboxylic acids is 1. The fourth-order valence-electron chi connectivity index (χ4n) is 4.79. The maximum absolute atomic E-state index is 13.4. The zero-order chi connectivity index (χ0) is 32.1. The van der Waals surface area contributed by atoms with Crippen molar-refractivity contribution in [1.82, 2.24) is 40.3 Å². The molecule has 1 atom stereocenters. The first-order valence-electron chi connectivity index (χ1n) is 13.9. The Morgan fingerprint density at radius 3 is 2.49 bits per heavy atom. The van der Waals surface area contributed by atoms with Gasteiger partial charge < -0.3 is 35.8 Å². The highest BCUT2D eigenvalue weighted by atomic mass is 35.5. The Balaban J connectivity index is 1.31. The highest BCUT2D eigenvalue weighted by molar-refractivity contribution is 6.40. The summed E-state index contributed by atoms with van der Waals surface area (Å²) in [5.74, 6) is -4.21. The van der Waals surface area contributed by atoms with Crippen molar-refractivity contribution >= 4 is 63.5 Å². The summed E-state index contributed by atoms with van der Waals surface area (Å²) < 4.78 is 1.27. The third-order valence-electron chi connectivity index (χ3n) is 7.25. The smallest absolute Gasteiger partial charge is 0.352 e. The second-order valence-corrected chi connectivity index (χ2v) is 10.8. The summed E-state index contributed by atoms with van der Waals surface area (Å²) in [4.78, 5) is 70.3. The Bertz CT molecular complexity index is 1750. The molecular formula is C28H29ClN10O6. The molecule has 0 bridgehead atoms. The van der Waals surface area contributed by atoms with Gasteiger partial charge in [0.1, 0.15) is 18.1 Å². The van der Waals surface area contributed by atoms with Crippen molar-refractivity contribution in [1.29, 1.82) is 0 Å². The number of carboxylic acid groups (broad SMARTS) is 1. The maximum Gasteiger partial charge on any atom is 0.352 e. The topological polar surface area (TPSA) is 208 Å². The molecule has 16 nitrogen and oxygen atoms in total. The lowest BCUT2D eigenvalue weighted by atomic mass is 10.1. The average Bonchev–Trinajstić information content (AvgIpc) is 3.70. The zero-order valence-electron chi connectivity index (χ0n) is 24.0. The molecule has 1 saturated heterocycles. The highest BCUT2D eigenvalue weighted by Gasteiger charge is 2.28. The molecule has 234 valence electrons. The number of aromatic amines is 1.